The molecule has 0 atom stereocenters. The first-order chi connectivity index (χ1) is 7.45. The summed E-state index contributed by atoms with van der Waals surface area (Å²) in [6.07, 6.45) is 0. The third-order valence-electron chi connectivity index (χ3n) is 2.24. The predicted octanol–water partition coefficient (Wildman–Crippen LogP) is 2.18. The van der Waals surface area contributed by atoms with Gasteiger partial charge in [-0.3, -0.25) is 4.79 Å². The number of carbonyl (C=O) groups is 1. The molecule has 1 aromatic rings. The summed E-state index contributed by atoms with van der Waals surface area (Å²) in [6.45, 7) is 1.78. The van der Waals surface area contributed by atoms with Crippen molar-refractivity contribution in [2.24, 2.45) is 0 Å². The maximum Gasteiger partial charge on any atom is 0.323 e. The van der Waals surface area contributed by atoms with Gasteiger partial charge >= 0.3 is 5.97 Å². The zero-order chi connectivity index (χ0) is 12.3. The molecule has 1 aromatic carbocycles. The molecule has 1 N–H and O–H groups in total. The Morgan fingerprint density at radius 2 is 2.19 bits per heavy atom. The minimum Gasteiger partial charge on any atom is -0.495 e. The maximum absolute atomic E-state index is 10.6. The molecule has 88 valence electrons. The van der Waals surface area contributed by atoms with E-state index in [1.54, 1.807) is 18.0 Å². The Labute approximate surface area is 99.4 Å². The number of halogens is 1. The Hall–Kier alpha value is -1.42. The maximum atomic E-state index is 10.6. The van der Waals surface area contributed by atoms with Gasteiger partial charge in [-0.15, -0.1) is 0 Å². The molecule has 16 heavy (non-hydrogen) atoms. The van der Waals surface area contributed by atoms with Crippen LogP contribution in [0.1, 0.15) is 5.56 Å². The van der Waals surface area contributed by atoms with Gasteiger partial charge in [0.05, 0.1) is 12.8 Å². The van der Waals surface area contributed by atoms with Gasteiger partial charge in [-0.2, -0.15) is 0 Å². The Morgan fingerprint density at radius 3 is 2.69 bits per heavy atom. The number of carboxylic acid groups (broad SMARTS) is 1. The minimum absolute atomic E-state index is 0.0859. The molecule has 0 amide bonds. The number of hydrogen-bond donors (Lipinski definition) is 1. The predicted molar refractivity (Wildman–Crippen MR) is 63.6 cm³/mol. The first-order valence-electron chi connectivity index (χ1n) is 4.72. The second-order valence-electron chi connectivity index (χ2n) is 3.52. The van der Waals surface area contributed by atoms with E-state index >= 15 is 0 Å². The van der Waals surface area contributed by atoms with E-state index in [2.05, 4.69) is 0 Å². The highest BCUT2D eigenvalue weighted by Gasteiger charge is 2.13. The molecule has 0 radical (unpaired) electrons. The molecule has 0 aliphatic rings. The number of carboxylic acids is 1. The van der Waals surface area contributed by atoms with Gasteiger partial charge in [-0.05, 0) is 18.6 Å². The third kappa shape index (κ3) is 2.79. The van der Waals surface area contributed by atoms with Crippen LogP contribution in [0.4, 0.5) is 5.69 Å². The van der Waals surface area contributed by atoms with Crippen molar-refractivity contribution in [3.8, 4) is 5.75 Å². The van der Waals surface area contributed by atoms with Gasteiger partial charge in [0.1, 0.15) is 12.3 Å². The molecule has 1 rings (SSSR count). The molecule has 0 saturated heterocycles. The fraction of sp³-hybridized carbons (Fsp3) is 0.364. The minimum atomic E-state index is -0.892. The van der Waals surface area contributed by atoms with Crippen LogP contribution >= 0.6 is 11.6 Å². The quantitative estimate of drug-likeness (QED) is 0.881. The molecule has 4 nitrogen and oxygen atoms in total. The topological polar surface area (TPSA) is 49.8 Å². The number of aliphatic carboxylic acids is 1. The lowest BCUT2D eigenvalue weighted by atomic mass is 10.2. The molecule has 0 fully saturated rings. The number of rotatable bonds is 4. The number of likely N-dealkylation sites (N-methyl/N-ethyl adjacent to an activating group) is 1. The zero-order valence-corrected chi connectivity index (χ0v) is 10.2. The monoisotopic (exact) mass is 243 g/mol. The standard InChI is InChI=1S/C11H14ClNO3/c1-7-4-9(13(2)6-11(14)15)10(16-3)5-8(7)12/h4-5H,6H2,1-3H3,(H,14,15). The molecule has 0 aliphatic carbocycles. The average molecular weight is 244 g/mol. The number of methoxy groups -OCH3 is 1. The number of benzene rings is 1. The van der Waals surface area contributed by atoms with Crippen molar-refractivity contribution in [1.82, 2.24) is 0 Å². The van der Waals surface area contributed by atoms with Crippen molar-refractivity contribution in [3.05, 3.63) is 22.7 Å². The molecule has 0 bridgehead atoms. The van der Waals surface area contributed by atoms with Crippen molar-refractivity contribution in [3.63, 3.8) is 0 Å². The fourth-order valence-electron chi connectivity index (χ4n) is 1.40. The zero-order valence-electron chi connectivity index (χ0n) is 9.45. The molecular weight excluding hydrogens is 230 g/mol. The first-order valence-corrected chi connectivity index (χ1v) is 5.10. The summed E-state index contributed by atoms with van der Waals surface area (Å²) in [5, 5.41) is 9.33. The van der Waals surface area contributed by atoms with E-state index in [0.717, 1.165) is 5.56 Å². The van der Waals surface area contributed by atoms with Crippen LogP contribution in [0, 0.1) is 6.92 Å². The van der Waals surface area contributed by atoms with E-state index in [1.807, 2.05) is 13.0 Å². The summed E-state index contributed by atoms with van der Waals surface area (Å²) in [4.78, 5) is 12.2. The van der Waals surface area contributed by atoms with Crippen LogP contribution in [0.15, 0.2) is 12.1 Å². The van der Waals surface area contributed by atoms with E-state index in [9.17, 15) is 4.79 Å². The van der Waals surface area contributed by atoms with Gasteiger partial charge < -0.3 is 14.7 Å². The number of nitrogens with zero attached hydrogens (tertiary/aromatic N) is 1. The summed E-state index contributed by atoms with van der Waals surface area (Å²) >= 11 is 5.96. The van der Waals surface area contributed by atoms with Crippen molar-refractivity contribution >= 4 is 23.3 Å². The van der Waals surface area contributed by atoms with E-state index in [4.69, 9.17) is 21.4 Å². The number of hydrogen-bond acceptors (Lipinski definition) is 3. The lowest BCUT2D eigenvalue weighted by Crippen LogP contribution is -2.25. The summed E-state index contributed by atoms with van der Waals surface area (Å²) in [7, 11) is 3.22. The van der Waals surface area contributed by atoms with Gasteiger partial charge in [-0.1, -0.05) is 11.6 Å². The lowest BCUT2D eigenvalue weighted by molar-refractivity contribution is -0.135. The van der Waals surface area contributed by atoms with Crippen LogP contribution in [0.2, 0.25) is 5.02 Å². The normalized spacial score (nSPS) is 10.0. The molecule has 0 spiro atoms. The third-order valence-corrected chi connectivity index (χ3v) is 2.65. The van der Waals surface area contributed by atoms with Crippen LogP contribution in [-0.4, -0.2) is 31.8 Å². The van der Waals surface area contributed by atoms with Gasteiger partial charge in [-0.25, -0.2) is 0 Å². The van der Waals surface area contributed by atoms with Crippen LogP contribution in [-0.2, 0) is 4.79 Å². The summed E-state index contributed by atoms with van der Waals surface area (Å²) < 4.78 is 5.16. The molecule has 0 aliphatic heterocycles. The highest BCUT2D eigenvalue weighted by atomic mass is 35.5. The Kier molecular flexibility index (Phi) is 4.01. The van der Waals surface area contributed by atoms with Crippen LogP contribution in [0.25, 0.3) is 0 Å². The Balaban J connectivity index is 3.10. The van der Waals surface area contributed by atoms with E-state index in [1.165, 1.54) is 7.11 Å². The number of aryl methyl sites for hydroxylation is 1. The Bertz CT molecular complexity index is 406. The van der Waals surface area contributed by atoms with Crippen LogP contribution in [0.3, 0.4) is 0 Å². The van der Waals surface area contributed by atoms with Gasteiger partial charge in [0.25, 0.3) is 0 Å². The van der Waals surface area contributed by atoms with E-state index in [-0.39, 0.29) is 6.54 Å². The van der Waals surface area contributed by atoms with Crippen molar-refractivity contribution in [2.75, 3.05) is 25.6 Å². The lowest BCUT2D eigenvalue weighted by Gasteiger charge is -2.20. The highest BCUT2D eigenvalue weighted by molar-refractivity contribution is 6.31. The van der Waals surface area contributed by atoms with Gasteiger partial charge in [0, 0.05) is 18.1 Å². The number of ether oxygens (including phenoxy) is 1. The molecule has 5 heteroatoms. The number of anilines is 1. The summed E-state index contributed by atoms with van der Waals surface area (Å²) in [6, 6.07) is 3.49. The largest absolute Gasteiger partial charge is 0.495 e. The van der Waals surface area contributed by atoms with Crippen molar-refractivity contribution in [2.45, 2.75) is 6.92 Å². The van der Waals surface area contributed by atoms with E-state index < -0.39 is 5.97 Å². The molecule has 0 aromatic heterocycles. The van der Waals surface area contributed by atoms with Crippen LogP contribution < -0.4 is 9.64 Å². The molecular formula is C11H14ClNO3. The molecule has 0 heterocycles. The average Bonchev–Trinajstić information content (AvgIpc) is 2.20. The molecule has 0 saturated carbocycles. The Morgan fingerprint density at radius 1 is 1.56 bits per heavy atom. The second kappa shape index (κ2) is 5.07. The summed E-state index contributed by atoms with van der Waals surface area (Å²) in [5.41, 5.74) is 1.60. The SMILES string of the molecule is COc1cc(Cl)c(C)cc1N(C)CC(=O)O. The summed E-state index contributed by atoms with van der Waals surface area (Å²) in [5.74, 6) is -0.323. The fourth-order valence-corrected chi connectivity index (χ4v) is 1.55. The van der Waals surface area contributed by atoms with E-state index in [0.29, 0.717) is 16.5 Å². The van der Waals surface area contributed by atoms with Gasteiger partial charge in [0.15, 0.2) is 0 Å². The van der Waals surface area contributed by atoms with Gasteiger partial charge in [0.2, 0.25) is 0 Å². The van der Waals surface area contributed by atoms with Crippen molar-refractivity contribution < 1.29 is 14.6 Å². The van der Waals surface area contributed by atoms with Crippen LogP contribution in [0.5, 0.6) is 5.75 Å². The first kappa shape index (κ1) is 12.6. The second-order valence-corrected chi connectivity index (χ2v) is 3.93. The smallest absolute Gasteiger partial charge is 0.323 e. The van der Waals surface area contributed by atoms with Crippen molar-refractivity contribution in [1.29, 1.82) is 0 Å². The highest BCUT2D eigenvalue weighted by Crippen LogP contribution is 2.32. The molecule has 0 unspecified atom stereocenters.